The zero-order valence-corrected chi connectivity index (χ0v) is 14.6. The first-order valence-electron chi connectivity index (χ1n) is 7.14. The van der Waals surface area contributed by atoms with Gasteiger partial charge in [-0.1, -0.05) is 18.1 Å². The predicted molar refractivity (Wildman–Crippen MR) is 88.0 cm³/mol. The van der Waals surface area contributed by atoms with Crippen LogP contribution in [0.2, 0.25) is 0 Å². The Hall–Kier alpha value is -1.48. The van der Waals surface area contributed by atoms with Crippen molar-refractivity contribution in [2.75, 3.05) is 23.5 Å². The van der Waals surface area contributed by atoms with Gasteiger partial charge in [0.1, 0.15) is 0 Å². The third kappa shape index (κ3) is 4.26. The number of hydrogen-bond acceptors (Lipinski definition) is 7. The maximum Gasteiger partial charge on any atom is 0.245 e. The van der Waals surface area contributed by atoms with Crippen LogP contribution in [0.3, 0.4) is 0 Å². The van der Waals surface area contributed by atoms with Crippen molar-refractivity contribution in [2.45, 2.75) is 32.9 Å². The molecule has 9 heteroatoms. The van der Waals surface area contributed by atoms with Gasteiger partial charge in [0.2, 0.25) is 5.95 Å². The van der Waals surface area contributed by atoms with E-state index in [1.165, 1.54) is 4.88 Å². The van der Waals surface area contributed by atoms with E-state index < -0.39 is 9.84 Å². The molecule has 0 amide bonds. The molecule has 0 saturated carbocycles. The first-order valence-corrected chi connectivity index (χ1v) is 9.85. The van der Waals surface area contributed by atoms with Gasteiger partial charge >= 0.3 is 0 Å². The Morgan fingerprint density at radius 1 is 1.45 bits per heavy atom. The largest absolute Gasteiger partial charge is 0.339 e. The third-order valence-electron chi connectivity index (χ3n) is 3.57. The Kier molecular flexibility index (Phi) is 5.52. The molecule has 2 aromatic rings. The highest BCUT2D eigenvalue weighted by Crippen LogP contribution is 2.14. The van der Waals surface area contributed by atoms with Crippen LogP contribution in [0.5, 0.6) is 0 Å². The highest BCUT2D eigenvalue weighted by Gasteiger charge is 2.21. The molecule has 0 aliphatic rings. The van der Waals surface area contributed by atoms with Crippen molar-refractivity contribution in [3.8, 4) is 0 Å². The number of sulfone groups is 1. The summed E-state index contributed by atoms with van der Waals surface area (Å²) in [7, 11) is -1.21. The fourth-order valence-electron chi connectivity index (χ4n) is 2.06. The average Bonchev–Trinajstić information content (AvgIpc) is 3.15. The molecule has 2 aromatic heterocycles. The third-order valence-corrected chi connectivity index (χ3v) is 6.38. The predicted octanol–water partition coefficient (Wildman–Crippen LogP) is 1.24. The van der Waals surface area contributed by atoms with Gasteiger partial charge < -0.3 is 4.90 Å². The van der Waals surface area contributed by atoms with Gasteiger partial charge in [-0.15, -0.1) is 11.3 Å². The van der Waals surface area contributed by atoms with Crippen molar-refractivity contribution in [1.29, 1.82) is 0 Å². The molecular weight excluding hydrogens is 322 g/mol. The molecule has 122 valence electrons. The smallest absolute Gasteiger partial charge is 0.245 e. The van der Waals surface area contributed by atoms with Crippen molar-refractivity contribution >= 4 is 27.1 Å². The highest BCUT2D eigenvalue weighted by atomic mass is 32.2. The maximum absolute atomic E-state index is 11.8. The number of aryl methyl sites for hydroxylation is 2. The summed E-state index contributed by atoms with van der Waals surface area (Å²) in [5, 5.41) is 13.8. The fourth-order valence-corrected chi connectivity index (χ4v) is 3.95. The van der Waals surface area contributed by atoms with E-state index in [9.17, 15) is 8.42 Å². The highest BCUT2D eigenvalue weighted by molar-refractivity contribution is 7.91. The van der Waals surface area contributed by atoms with Crippen LogP contribution in [0.25, 0.3) is 0 Å². The average molecular weight is 343 g/mol. The molecule has 2 heterocycles. The Morgan fingerprint density at radius 3 is 2.86 bits per heavy atom. The first-order chi connectivity index (χ1) is 10.4. The summed E-state index contributed by atoms with van der Waals surface area (Å²) in [5.41, 5.74) is 0. The summed E-state index contributed by atoms with van der Waals surface area (Å²) >= 11 is 1.70. The van der Waals surface area contributed by atoms with E-state index in [-0.39, 0.29) is 17.5 Å². The molecule has 0 aliphatic carbocycles. The molecular formula is C13H21N5O2S2. The van der Waals surface area contributed by atoms with Gasteiger partial charge in [0, 0.05) is 30.1 Å². The van der Waals surface area contributed by atoms with Gasteiger partial charge in [0.05, 0.1) is 12.3 Å². The first kappa shape index (κ1) is 16.9. The molecule has 1 atom stereocenters. The number of thiophene rings is 1. The van der Waals surface area contributed by atoms with Crippen molar-refractivity contribution in [2.24, 2.45) is 0 Å². The van der Waals surface area contributed by atoms with E-state index in [1.54, 1.807) is 22.9 Å². The summed E-state index contributed by atoms with van der Waals surface area (Å²) in [6.07, 6.45) is 0.852. The minimum Gasteiger partial charge on any atom is -0.339 e. The van der Waals surface area contributed by atoms with Gasteiger partial charge in [0.15, 0.2) is 9.84 Å². The molecule has 0 aromatic carbocycles. The zero-order valence-electron chi connectivity index (χ0n) is 13.0. The second-order valence-electron chi connectivity index (χ2n) is 5.19. The minimum atomic E-state index is -3.03. The number of aromatic nitrogens is 4. The second kappa shape index (κ2) is 7.19. The number of tetrazole rings is 1. The van der Waals surface area contributed by atoms with Gasteiger partial charge in [-0.25, -0.2) is 13.1 Å². The Morgan fingerprint density at radius 2 is 2.23 bits per heavy atom. The summed E-state index contributed by atoms with van der Waals surface area (Å²) in [4.78, 5) is 3.09. The molecule has 0 saturated heterocycles. The normalized spacial score (nSPS) is 13.2. The van der Waals surface area contributed by atoms with Gasteiger partial charge in [-0.3, -0.25) is 0 Å². The van der Waals surface area contributed by atoms with Gasteiger partial charge in [-0.2, -0.15) is 0 Å². The van der Waals surface area contributed by atoms with Crippen LogP contribution in [-0.4, -0.2) is 53.2 Å². The van der Waals surface area contributed by atoms with Gasteiger partial charge in [0.25, 0.3) is 0 Å². The van der Waals surface area contributed by atoms with Crippen LogP contribution in [0, 0.1) is 0 Å². The molecule has 2 rings (SSSR count). The molecule has 0 bridgehead atoms. The minimum absolute atomic E-state index is 0.0950. The fraction of sp³-hybridized carbons (Fsp3) is 0.615. The lowest BCUT2D eigenvalue weighted by Gasteiger charge is -2.24. The molecule has 0 spiro atoms. The standard InChI is InChI=1S/C13H21N5O2S2/c1-4-22(19,20)10-11(2)17(3)13-14-15-16-18(13)8-7-12-6-5-9-21-12/h5-6,9,11H,4,7-8,10H2,1-3H3. The van der Waals surface area contributed by atoms with Crippen molar-refractivity contribution in [3.63, 3.8) is 0 Å². The summed E-state index contributed by atoms with van der Waals surface area (Å²) < 4.78 is 25.2. The van der Waals surface area contributed by atoms with E-state index in [4.69, 9.17) is 0 Å². The van der Waals surface area contributed by atoms with Crippen molar-refractivity contribution in [1.82, 2.24) is 20.2 Å². The molecule has 7 nitrogen and oxygen atoms in total. The van der Waals surface area contributed by atoms with Gasteiger partial charge in [-0.05, 0) is 28.8 Å². The number of rotatable bonds is 8. The maximum atomic E-state index is 11.8. The molecule has 0 radical (unpaired) electrons. The van der Waals surface area contributed by atoms with Crippen LogP contribution in [0.15, 0.2) is 17.5 Å². The molecule has 0 aliphatic heterocycles. The number of hydrogen-bond donors (Lipinski definition) is 0. The van der Waals surface area contributed by atoms with E-state index in [1.807, 2.05) is 30.3 Å². The molecule has 0 N–H and O–H groups in total. The topological polar surface area (TPSA) is 81.0 Å². The lowest BCUT2D eigenvalue weighted by atomic mass is 10.3. The van der Waals surface area contributed by atoms with Crippen LogP contribution in [-0.2, 0) is 22.8 Å². The Balaban J connectivity index is 2.04. The number of nitrogens with zero attached hydrogens (tertiary/aromatic N) is 5. The van der Waals surface area contributed by atoms with E-state index in [0.717, 1.165) is 6.42 Å². The quantitative estimate of drug-likeness (QED) is 0.717. The Bertz CT molecular complexity index is 681. The van der Waals surface area contributed by atoms with E-state index >= 15 is 0 Å². The molecule has 22 heavy (non-hydrogen) atoms. The van der Waals surface area contributed by atoms with Crippen LogP contribution in [0.1, 0.15) is 18.7 Å². The lowest BCUT2D eigenvalue weighted by molar-refractivity contribution is 0.568. The molecule has 0 fully saturated rings. The summed E-state index contributed by atoms with van der Waals surface area (Å²) in [5.74, 6) is 0.835. The van der Waals surface area contributed by atoms with Crippen LogP contribution < -0.4 is 4.90 Å². The second-order valence-corrected chi connectivity index (χ2v) is 8.62. The summed E-state index contributed by atoms with van der Waals surface area (Å²) in [6, 6.07) is 3.91. The van der Waals surface area contributed by atoms with E-state index in [2.05, 4.69) is 21.6 Å². The zero-order chi connectivity index (χ0) is 16.2. The lowest BCUT2D eigenvalue weighted by Crippen LogP contribution is -2.37. The SMILES string of the molecule is CCS(=O)(=O)CC(C)N(C)c1nnnn1CCc1cccs1. The van der Waals surface area contributed by atoms with Crippen LogP contribution >= 0.6 is 11.3 Å². The summed E-state index contributed by atoms with van der Waals surface area (Å²) in [6.45, 7) is 4.19. The monoisotopic (exact) mass is 343 g/mol. The number of anilines is 1. The van der Waals surface area contributed by atoms with Crippen LogP contribution in [0.4, 0.5) is 5.95 Å². The van der Waals surface area contributed by atoms with Crippen molar-refractivity contribution in [3.05, 3.63) is 22.4 Å². The van der Waals surface area contributed by atoms with Crippen molar-refractivity contribution < 1.29 is 8.42 Å². The van der Waals surface area contributed by atoms with E-state index in [0.29, 0.717) is 12.5 Å². The Labute approximate surface area is 134 Å². The molecule has 1 unspecified atom stereocenters.